The van der Waals surface area contributed by atoms with Gasteiger partial charge in [0.05, 0.1) is 12.0 Å². The number of carbonyl (C=O) groups is 1. The second-order valence-corrected chi connectivity index (χ2v) is 2.54. The molecule has 68 valence electrons. The van der Waals surface area contributed by atoms with Crippen LogP contribution in [0, 0.1) is 0 Å². The molecule has 0 unspecified atom stereocenters. The van der Waals surface area contributed by atoms with Gasteiger partial charge in [-0.05, 0) is 13.3 Å². The molecular formula is C6H16Na4O4. The van der Waals surface area contributed by atoms with Gasteiger partial charge in [-0.3, -0.25) is 4.79 Å². The van der Waals surface area contributed by atoms with Gasteiger partial charge >= 0.3 is 124 Å². The minimum atomic E-state index is -1.28. The summed E-state index contributed by atoms with van der Waals surface area (Å²) >= 11 is 0. The molecule has 0 amide bonds. The first kappa shape index (κ1) is 30.4. The zero-order chi connectivity index (χ0) is 8.20. The Kier molecular flexibility index (Phi) is 35.6. The van der Waals surface area contributed by atoms with Crippen LogP contribution in [0.15, 0.2) is 0 Å². The molecule has 0 aliphatic rings. The Hall–Kier alpha value is 3.39. The molecular weight excluding hydrogens is 228 g/mol. The average molecular weight is 244 g/mol. The molecule has 0 heterocycles. The fourth-order valence-corrected chi connectivity index (χ4v) is 0.655. The van der Waals surface area contributed by atoms with E-state index in [2.05, 4.69) is 0 Å². The van der Waals surface area contributed by atoms with Gasteiger partial charge in [0.25, 0.3) is 0 Å². The van der Waals surface area contributed by atoms with Crippen LogP contribution in [0.3, 0.4) is 0 Å². The second kappa shape index (κ2) is 16.4. The van der Waals surface area contributed by atoms with Crippen molar-refractivity contribution in [3.8, 4) is 0 Å². The van der Waals surface area contributed by atoms with Crippen molar-refractivity contribution in [3.63, 3.8) is 0 Å². The van der Waals surface area contributed by atoms with Crippen LogP contribution in [0.25, 0.3) is 0 Å². The van der Waals surface area contributed by atoms with Gasteiger partial charge in [0.1, 0.15) is 0 Å². The van der Waals surface area contributed by atoms with Crippen molar-refractivity contribution in [2.24, 2.45) is 0 Å². The normalized spacial score (nSPS) is 11.6. The van der Waals surface area contributed by atoms with E-state index in [0.717, 1.165) is 0 Å². The number of aliphatic carboxylic acids is 1. The molecule has 8 heteroatoms. The number of carboxylic acid groups (broad SMARTS) is 1. The maximum Gasteiger partial charge on any atom is 1.00 e. The third-order valence-electron chi connectivity index (χ3n) is 1.18. The van der Waals surface area contributed by atoms with Crippen molar-refractivity contribution in [2.45, 2.75) is 25.4 Å². The average Bonchev–Trinajstić information content (AvgIpc) is 1.59. The van der Waals surface area contributed by atoms with Crippen LogP contribution < -0.4 is 118 Å². The summed E-state index contributed by atoms with van der Waals surface area (Å²) in [4.78, 5) is 10.0. The van der Waals surface area contributed by atoms with E-state index in [-0.39, 0.29) is 143 Å². The third kappa shape index (κ3) is 20.8. The Morgan fingerprint density at radius 2 is 1.64 bits per heavy atom. The molecule has 0 bridgehead atoms. The Bertz CT molecular complexity index is 145. The van der Waals surface area contributed by atoms with Crippen LogP contribution in [0.4, 0.5) is 0 Å². The first-order chi connectivity index (χ1) is 4.48. The fourth-order valence-electron chi connectivity index (χ4n) is 0.655. The van der Waals surface area contributed by atoms with Crippen LogP contribution in [0.1, 0.15) is 25.5 Å². The van der Waals surface area contributed by atoms with Crippen molar-refractivity contribution in [2.75, 3.05) is 6.61 Å². The number of carboxylic acids is 1. The molecule has 0 aliphatic heterocycles. The van der Waals surface area contributed by atoms with Gasteiger partial charge in [-0.1, -0.05) is 0 Å². The Morgan fingerprint density at radius 1 is 1.29 bits per heavy atom. The zero-order valence-corrected chi connectivity index (χ0v) is 17.9. The summed E-state index contributed by atoms with van der Waals surface area (Å²) < 4.78 is 0. The summed E-state index contributed by atoms with van der Waals surface area (Å²) in [7, 11) is 0. The molecule has 0 aromatic heterocycles. The standard InChI is InChI=1S/C6H12O4.4Na.4H/c1-6(10,2-3-7)4-5(8)9;;;;;;;;/h7,10H,2-4H2,1H3,(H,8,9);;;;;;;;/q;4*+1;4*-1/t6-;;;;;;;;/m1......../s1. The minimum absolute atomic E-state index is 0. The molecule has 0 saturated heterocycles. The number of rotatable bonds is 4. The van der Waals surface area contributed by atoms with Crippen LogP contribution >= 0.6 is 0 Å². The Morgan fingerprint density at radius 3 is 1.86 bits per heavy atom. The summed E-state index contributed by atoms with van der Waals surface area (Å²) in [5.41, 5.74) is -1.28. The Labute approximate surface area is 179 Å². The first-order valence-electron chi connectivity index (χ1n) is 3.03. The SMILES string of the molecule is C[C@@](O)(CCO)CC(=O)O.[H-].[H-].[H-].[H-].[Na+].[Na+].[Na+].[Na+]. The molecule has 14 heavy (non-hydrogen) atoms. The van der Waals surface area contributed by atoms with Gasteiger partial charge < -0.3 is 21.0 Å². The van der Waals surface area contributed by atoms with E-state index in [4.69, 9.17) is 15.3 Å². The van der Waals surface area contributed by atoms with E-state index < -0.39 is 11.6 Å². The third-order valence-corrected chi connectivity index (χ3v) is 1.18. The first-order valence-corrected chi connectivity index (χ1v) is 3.03. The molecule has 0 aliphatic carbocycles. The topological polar surface area (TPSA) is 77.8 Å². The molecule has 0 spiro atoms. The maximum absolute atomic E-state index is 10.0. The zero-order valence-electron chi connectivity index (χ0n) is 13.9. The van der Waals surface area contributed by atoms with Crippen LogP contribution in [0.2, 0.25) is 0 Å². The number of hydrogen-bond acceptors (Lipinski definition) is 3. The van der Waals surface area contributed by atoms with Crippen LogP contribution in [-0.4, -0.2) is 33.5 Å². The summed E-state index contributed by atoms with van der Waals surface area (Å²) in [5, 5.41) is 25.7. The second-order valence-electron chi connectivity index (χ2n) is 2.54. The van der Waals surface area contributed by atoms with Gasteiger partial charge in [-0.15, -0.1) is 0 Å². The van der Waals surface area contributed by atoms with E-state index in [0.29, 0.717) is 0 Å². The minimum Gasteiger partial charge on any atom is -1.00 e. The van der Waals surface area contributed by atoms with E-state index in [1.165, 1.54) is 6.92 Å². The van der Waals surface area contributed by atoms with Crippen molar-refractivity contribution >= 4 is 5.97 Å². The molecule has 3 N–H and O–H groups in total. The molecule has 0 fully saturated rings. The van der Waals surface area contributed by atoms with E-state index in [1.54, 1.807) is 0 Å². The van der Waals surface area contributed by atoms with Crippen molar-refractivity contribution < 1.29 is 144 Å². The Balaban J connectivity index is -0.0000000145. The van der Waals surface area contributed by atoms with E-state index in [9.17, 15) is 4.79 Å². The number of aliphatic hydroxyl groups excluding tert-OH is 1. The molecule has 0 radical (unpaired) electrons. The summed E-state index contributed by atoms with van der Waals surface area (Å²) in [6, 6.07) is 0. The molecule has 1 atom stereocenters. The molecule has 0 saturated carbocycles. The summed E-state index contributed by atoms with van der Waals surface area (Å²) in [5.74, 6) is -1.06. The van der Waals surface area contributed by atoms with Crippen LogP contribution in [0.5, 0.6) is 0 Å². The maximum atomic E-state index is 10.0. The molecule has 0 aromatic rings. The van der Waals surface area contributed by atoms with Gasteiger partial charge in [0.2, 0.25) is 0 Å². The van der Waals surface area contributed by atoms with Gasteiger partial charge in [-0.2, -0.15) is 0 Å². The quantitative estimate of drug-likeness (QED) is 0.429. The van der Waals surface area contributed by atoms with Gasteiger partial charge in [0, 0.05) is 6.61 Å². The predicted molar refractivity (Wildman–Crippen MR) is 39.0 cm³/mol. The van der Waals surface area contributed by atoms with E-state index >= 15 is 0 Å². The predicted octanol–water partition coefficient (Wildman–Crippen LogP) is -11.9. The van der Waals surface area contributed by atoms with Crippen molar-refractivity contribution in [1.82, 2.24) is 0 Å². The molecule has 0 aromatic carbocycles. The molecule has 0 rings (SSSR count). The van der Waals surface area contributed by atoms with Crippen LogP contribution in [-0.2, 0) is 4.79 Å². The number of hydrogen-bond donors (Lipinski definition) is 3. The molecule has 4 nitrogen and oxygen atoms in total. The van der Waals surface area contributed by atoms with Crippen molar-refractivity contribution in [3.05, 3.63) is 0 Å². The monoisotopic (exact) mass is 244 g/mol. The van der Waals surface area contributed by atoms with Crippen molar-refractivity contribution in [1.29, 1.82) is 0 Å². The van der Waals surface area contributed by atoms with Gasteiger partial charge in [0.15, 0.2) is 0 Å². The van der Waals surface area contributed by atoms with Gasteiger partial charge in [-0.25, -0.2) is 0 Å². The fraction of sp³-hybridized carbons (Fsp3) is 0.833. The van der Waals surface area contributed by atoms with E-state index in [1.807, 2.05) is 0 Å². The smallest absolute Gasteiger partial charge is 1.00 e. The summed E-state index contributed by atoms with van der Waals surface area (Å²) in [6.45, 7) is 1.19. The summed E-state index contributed by atoms with van der Waals surface area (Å²) in [6.07, 6.45) is -0.229. The number of aliphatic hydroxyl groups is 2. The largest absolute Gasteiger partial charge is 1.00 e.